The molecule has 0 spiro atoms. The zero-order valence-corrected chi connectivity index (χ0v) is 12.2. The molecule has 0 bridgehead atoms. The van der Waals surface area contributed by atoms with Crippen molar-refractivity contribution in [3.8, 4) is 0 Å². The van der Waals surface area contributed by atoms with E-state index in [9.17, 15) is 9.18 Å². The molecule has 1 amide bonds. The van der Waals surface area contributed by atoms with Gasteiger partial charge in [-0.25, -0.2) is 4.39 Å². The van der Waals surface area contributed by atoms with Gasteiger partial charge >= 0.3 is 0 Å². The van der Waals surface area contributed by atoms with Gasteiger partial charge in [0, 0.05) is 23.9 Å². The molecule has 1 rings (SSSR count). The van der Waals surface area contributed by atoms with Crippen molar-refractivity contribution in [3.63, 3.8) is 0 Å². The van der Waals surface area contributed by atoms with Crippen molar-refractivity contribution in [2.24, 2.45) is 0 Å². The third-order valence-corrected chi connectivity index (χ3v) is 3.82. The van der Waals surface area contributed by atoms with Crippen molar-refractivity contribution in [3.05, 3.63) is 34.6 Å². The molecule has 0 aliphatic heterocycles. The summed E-state index contributed by atoms with van der Waals surface area (Å²) in [5.74, 6) is 0.643. The summed E-state index contributed by atoms with van der Waals surface area (Å²) in [4.78, 5) is 13.5. The molecule has 0 aromatic heterocycles. The molecule has 0 N–H and O–H groups in total. The van der Waals surface area contributed by atoms with E-state index in [0.717, 1.165) is 0 Å². The minimum atomic E-state index is -0.315. The van der Waals surface area contributed by atoms with E-state index in [2.05, 4.69) is 0 Å². The standard InChI is InChI=1S/C13H17ClFNOS/c1-3-16(4-2)13(17)9-18-8-10-5-6-11(14)7-12(10)15/h5-7H,3-4,8-9H2,1-2H3. The second kappa shape index (κ2) is 7.64. The highest BCUT2D eigenvalue weighted by atomic mass is 35.5. The number of hydrogen-bond acceptors (Lipinski definition) is 2. The Hall–Kier alpha value is -0.740. The Kier molecular flexibility index (Phi) is 6.50. The largest absolute Gasteiger partial charge is 0.343 e. The average Bonchev–Trinajstić information content (AvgIpc) is 2.33. The van der Waals surface area contributed by atoms with Gasteiger partial charge in [0.2, 0.25) is 5.91 Å². The van der Waals surface area contributed by atoms with Crippen molar-refractivity contribution >= 4 is 29.3 Å². The van der Waals surface area contributed by atoms with Gasteiger partial charge in [0.1, 0.15) is 5.82 Å². The minimum absolute atomic E-state index is 0.0966. The molecular formula is C13H17ClFNOS. The van der Waals surface area contributed by atoms with Crippen LogP contribution < -0.4 is 0 Å². The highest BCUT2D eigenvalue weighted by Crippen LogP contribution is 2.19. The Labute approximate surface area is 116 Å². The normalized spacial score (nSPS) is 10.4. The number of amides is 1. The number of nitrogens with zero attached hydrogens (tertiary/aromatic N) is 1. The molecule has 0 aliphatic carbocycles. The Balaban J connectivity index is 2.44. The quantitative estimate of drug-likeness (QED) is 0.798. The molecule has 18 heavy (non-hydrogen) atoms. The van der Waals surface area contributed by atoms with Crippen LogP contribution in [0.3, 0.4) is 0 Å². The highest BCUT2D eigenvalue weighted by Gasteiger charge is 2.10. The van der Waals surface area contributed by atoms with Crippen LogP contribution in [0.25, 0.3) is 0 Å². The maximum Gasteiger partial charge on any atom is 0.232 e. The van der Waals surface area contributed by atoms with Crippen molar-refractivity contribution in [1.29, 1.82) is 0 Å². The number of rotatable bonds is 6. The first-order valence-electron chi connectivity index (χ1n) is 5.87. The fraction of sp³-hybridized carbons (Fsp3) is 0.462. The lowest BCUT2D eigenvalue weighted by molar-refractivity contribution is -0.127. The molecule has 1 aromatic rings. The average molecular weight is 290 g/mol. The first kappa shape index (κ1) is 15.3. The smallest absolute Gasteiger partial charge is 0.232 e. The fourth-order valence-corrected chi connectivity index (χ4v) is 2.63. The third kappa shape index (κ3) is 4.50. The molecule has 0 heterocycles. The topological polar surface area (TPSA) is 20.3 Å². The SMILES string of the molecule is CCN(CC)C(=O)CSCc1ccc(Cl)cc1F. The van der Waals surface area contributed by atoms with Gasteiger partial charge < -0.3 is 4.90 Å². The molecule has 5 heteroatoms. The number of thioether (sulfide) groups is 1. The van der Waals surface area contributed by atoms with Gasteiger partial charge in [-0.3, -0.25) is 4.79 Å². The van der Waals surface area contributed by atoms with Crippen molar-refractivity contribution < 1.29 is 9.18 Å². The van der Waals surface area contributed by atoms with Crippen molar-refractivity contribution in [2.75, 3.05) is 18.8 Å². The van der Waals surface area contributed by atoms with Gasteiger partial charge in [-0.1, -0.05) is 17.7 Å². The van der Waals surface area contributed by atoms with Crippen LogP contribution in [-0.2, 0) is 10.5 Å². The molecule has 0 unspecified atom stereocenters. The van der Waals surface area contributed by atoms with Gasteiger partial charge in [-0.15, -0.1) is 11.8 Å². The molecule has 2 nitrogen and oxygen atoms in total. The number of hydrogen-bond donors (Lipinski definition) is 0. The van der Waals surface area contributed by atoms with E-state index >= 15 is 0 Å². The lowest BCUT2D eigenvalue weighted by Gasteiger charge is -2.18. The molecule has 1 aromatic carbocycles. The van der Waals surface area contributed by atoms with Crippen LogP contribution >= 0.6 is 23.4 Å². The van der Waals surface area contributed by atoms with E-state index in [1.54, 1.807) is 17.0 Å². The number of carbonyl (C=O) groups excluding carboxylic acids is 1. The Bertz CT molecular complexity index is 410. The highest BCUT2D eigenvalue weighted by molar-refractivity contribution is 7.99. The molecule has 0 atom stereocenters. The van der Waals surface area contributed by atoms with Crippen LogP contribution in [0.5, 0.6) is 0 Å². The predicted octanol–water partition coefficient (Wildman–Crippen LogP) is 3.58. The zero-order chi connectivity index (χ0) is 13.5. The predicted molar refractivity (Wildman–Crippen MR) is 75.5 cm³/mol. The molecule has 0 saturated carbocycles. The number of halogens is 2. The third-order valence-electron chi connectivity index (χ3n) is 2.61. The van der Waals surface area contributed by atoms with Gasteiger partial charge in [0.25, 0.3) is 0 Å². The number of benzene rings is 1. The fourth-order valence-electron chi connectivity index (χ4n) is 1.55. The van der Waals surface area contributed by atoms with Crippen LogP contribution in [0.4, 0.5) is 4.39 Å². The Morgan fingerprint density at radius 3 is 2.61 bits per heavy atom. The van der Waals surface area contributed by atoms with E-state index in [1.807, 2.05) is 13.8 Å². The van der Waals surface area contributed by atoms with Gasteiger partial charge in [-0.2, -0.15) is 0 Å². The Morgan fingerprint density at radius 2 is 2.06 bits per heavy atom. The first-order chi connectivity index (χ1) is 8.58. The summed E-state index contributed by atoms with van der Waals surface area (Å²) in [5, 5.41) is 0.389. The first-order valence-corrected chi connectivity index (χ1v) is 7.41. The summed E-state index contributed by atoms with van der Waals surface area (Å²) in [5.41, 5.74) is 0.580. The van der Waals surface area contributed by atoms with E-state index < -0.39 is 0 Å². The summed E-state index contributed by atoms with van der Waals surface area (Å²) < 4.78 is 13.5. The monoisotopic (exact) mass is 289 g/mol. The Morgan fingerprint density at radius 1 is 1.39 bits per heavy atom. The van der Waals surface area contributed by atoms with Gasteiger partial charge in [0.05, 0.1) is 5.75 Å². The van der Waals surface area contributed by atoms with E-state index in [-0.39, 0.29) is 11.7 Å². The van der Waals surface area contributed by atoms with Crippen LogP contribution in [0.2, 0.25) is 5.02 Å². The van der Waals surface area contributed by atoms with Gasteiger partial charge in [0.15, 0.2) is 0 Å². The van der Waals surface area contributed by atoms with Gasteiger partial charge in [-0.05, 0) is 31.5 Å². The van der Waals surface area contributed by atoms with Crippen LogP contribution in [-0.4, -0.2) is 29.6 Å². The minimum Gasteiger partial charge on any atom is -0.343 e. The maximum absolute atomic E-state index is 13.5. The molecule has 0 saturated heterocycles. The summed E-state index contributed by atoms with van der Waals surface area (Å²) in [6.45, 7) is 5.33. The summed E-state index contributed by atoms with van der Waals surface area (Å²) in [6.07, 6.45) is 0. The van der Waals surface area contributed by atoms with Crippen molar-refractivity contribution in [2.45, 2.75) is 19.6 Å². The van der Waals surface area contributed by atoms with Crippen LogP contribution in [0.15, 0.2) is 18.2 Å². The molecular weight excluding hydrogens is 273 g/mol. The van der Waals surface area contributed by atoms with E-state index in [1.165, 1.54) is 17.8 Å². The lowest BCUT2D eigenvalue weighted by atomic mass is 10.2. The zero-order valence-electron chi connectivity index (χ0n) is 10.6. The van der Waals surface area contributed by atoms with Crippen LogP contribution in [0.1, 0.15) is 19.4 Å². The second-order valence-corrected chi connectivity index (χ2v) is 5.22. The summed E-state index contributed by atoms with van der Waals surface area (Å²) >= 11 is 7.09. The molecule has 100 valence electrons. The van der Waals surface area contributed by atoms with E-state index in [0.29, 0.717) is 35.2 Å². The summed E-state index contributed by atoms with van der Waals surface area (Å²) in [7, 11) is 0. The number of carbonyl (C=O) groups is 1. The second-order valence-electron chi connectivity index (χ2n) is 3.79. The van der Waals surface area contributed by atoms with Crippen LogP contribution in [0, 0.1) is 5.82 Å². The maximum atomic E-state index is 13.5. The summed E-state index contributed by atoms with van der Waals surface area (Å²) in [6, 6.07) is 4.61. The lowest BCUT2D eigenvalue weighted by Crippen LogP contribution is -2.31. The van der Waals surface area contributed by atoms with E-state index in [4.69, 9.17) is 11.6 Å². The van der Waals surface area contributed by atoms with Crippen molar-refractivity contribution in [1.82, 2.24) is 4.90 Å². The molecule has 0 aliphatic rings. The molecule has 0 fully saturated rings. The molecule has 0 radical (unpaired) electrons.